The molecule has 2 rings (SSSR count). The smallest absolute Gasteiger partial charge is 0.130 e. The van der Waals surface area contributed by atoms with Gasteiger partial charge in [-0.1, -0.05) is 6.07 Å². The van der Waals surface area contributed by atoms with Gasteiger partial charge >= 0.3 is 0 Å². The summed E-state index contributed by atoms with van der Waals surface area (Å²) >= 11 is 1.59. The van der Waals surface area contributed by atoms with Crippen LogP contribution in [-0.4, -0.2) is 16.3 Å². The number of thiophene rings is 1. The van der Waals surface area contributed by atoms with Gasteiger partial charge in [-0.3, -0.25) is 0 Å². The van der Waals surface area contributed by atoms with Crippen LogP contribution < -0.4 is 0 Å². The van der Waals surface area contributed by atoms with Gasteiger partial charge in [0.1, 0.15) is 5.60 Å². The Labute approximate surface area is 94.9 Å². The number of aliphatic hydroxyl groups is 1. The second-order valence-corrected chi connectivity index (χ2v) is 6.33. The Bertz CT molecular complexity index is 354. The van der Waals surface area contributed by atoms with Crippen LogP contribution in [0.4, 0.5) is 0 Å². The average Bonchev–Trinajstić information content (AvgIpc) is 2.55. The molecule has 1 N–H and O–H groups in total. The molecule has 1 fully saturated rings. The van der Waals surface area contributed by atoms with Crippen LogP contribution in [0, 0.1) is 0 Å². The summed E-state index contributed by atoms with van der Waals surface area (Å²) in [4.78, 5) is 0.998. The van der Waals surface area contributed by atoms with E-state index in [1.807, 2.05) is 45.2 Å². The molecule has 2 nitrogen and oxygen atoms in total. The molecule has 0 aromatic carbocycles. The molecule has 0 spiro atoms. The molecule has 1 unspecified atom stereocenters. The minimum atomic E-state index is -0.856. The number of rotatable bonds is 1. The second kappa shape index (κ2) is 3.06. The van der Waals surface area contributed by atoms with Gasteiger partial charge in [-0.05, 0) is 39.1 Å². The molecule has 84 valence electrons. The Kier molecular flexibility index (Phi) is 2.27. The standard InChI is InChI=1S/C12H18O2S/c1-10(2)8-12(13,11(3,4)14-10)9-6-5-7-15-9/h5-7,13H,8H2,1-4H3. The van der Waals surface area contributed by atoms with Crippen LogP contribution in [0.2, 0.25) is 0 Å². The Hall–Kier alpha value is -0.380. The summed E-state index contributed by atoms with van der Waals surface area (Å²) in [6.45, 7) is 7.98. The predicted octanol–water partition coefficient (Wildman–Crippen LogP) is 2.91. The van der Waals surface area contributed by atoms with Crippen molar-refractivity contribution < 1.29 is 9.84 Å². The molecule has 0 radical (unpaired) electrons. The fourth-order valence-electron chi connectivity index (χ4n) is 2.54. The lowest BCUT2D eigenvalue weighted by molar-refractivity contribution is -0.128. The maximum absolute atomic E-state index is 10.8. The molecule has 1 saturated heterocycles. The van der Waals surface area contributed by atoms with Crippen LogP contribution in [0.15, 0.2) is 17.5 Å². The van der Waals surface area contributed by atoms with Gasteiger partial charge in [0.2, 0.25) is 0 Å². The number of ether oxygens (including phenoxy) is 1. The van der Waals surface area contributed by atoms with E-state index in [0.717, 1.165) is 4.88 Å². The highest BCUT2D eigenvalue weighted by Gasteiger charge is 2.57. The van der Waals surface area contributed by atoms with E-state index in [1.54, 1.807) is 11.3 Å². The van der Waals surface area contributed by atoms with Crippen LogP contribution in [0.3, 0.4) is 0 Å². The molecule has 3 heteroatoms. The molecule has 0 amide bonds. The minimum absolute atomic E-state index is 0.262. The van der Waals surface area contributed by atoms with Crippen molar-refractivity contribution in [3.8, 4) is 0 Å². The third-order valence-electron chi connectivity index (χ3n) is 3.14. The van der Waals surface area contributed by atoms with E-state index in [9.17, 15) is 5.11 Å². The van der Waals surface area contributed by atoms with Crippen LogP contribution in [-0.2, 0) is 10.3 Å². The van der Waals surface area contributed by atoms with Crippen molar-refractivity contribution in [3.63, 3.8) is 0 Å². The Balaban J connectivity index is 2.44. The molecule has 1 aliphatic heterocycles. The van der Waals surface area contributed by atoms with Crippen LogP contribution in [0.5, 0.6) is 0 Å². The normalized spacial score (nSPS) is 33.1. The first kappa shape index (κ1) is 11.1. The zero-order valence-corrected chi connectivity index (χ0v) is 10.5. The van der Waals surface area contributed by atoms with Crippen LogP contribution in [0.1, 0.15) is 39.0 Å². The third-order valence-corrected chi connectivity index (χ3v) is 4.16. The molecular formula is C12H18O2S. The van der Waals surface area contributed by atoms with Crippen molar-refractivity contribution in [2.24, 2.45) is 0 Å². The lowest BCUT2D eigenvalue weighted by Crippen LogP contribution is -2.42. The van der Waals surface area contributed by atoms with Gasteiger partial charge in [-0.2, -0.15) is 0 Å². The van der Waals surface area contributed by atoms with Gasteiger partial charge in [0.05, 0.1) is 11.2 Å². The van der Waals surface area contributed by atoms with Crippen LogP contribution in [0.25, 0.3) is 0 Å². The zero-order valence-electron chi connectivity index (χ0n) is 9.70. The van der Waals surface area contributed by atoms with E-state index < -0.39 is 11.2 Å². The Morgan fingerprint density at radius 1 is 1.33 bits per heavy atom. The topological polar surface area (TPSA) is 29.5 Å². The van der Waals surface area contributed by atoms with E-state index in [2.05, 4.69) is 0 Å². The van der Waals surface area contributed by atoms with E-state index in [0.29, 0.717) is 6.42 Å². The number of hydrogen-bond acceptors (Lipinski definition) is 3. The van der Waals surface area contributed by atoms with Crippen molar-refractivity contribution in [2.75, 3.05) is 0 Å². The first-order chi connectivity index (χ1) is 6.77. The highest BCUT2D eigenvalue weighted by Crippen LogP contribution is 2.51. The van der Waals surface area contributed by atoms with E-state index in [4.69, 9.17) is 4.74 Å². The first-order valence-corrected chi connectivity index (χ1v) is 6.11. The summed E-state index contributed by atoms with van der Waals surface area (Å²) in [5.41, 5.74) is -1.64. The van der Waals surface area contributed by atoms with Crippen molar-refractivity contribution in [1.29, 1.82) is 0 Å². The van der Waals surface area contributed by atoms with E-state index in [-0.39, 0.29) is 5.60 Å². The second-order valence-electron chi connectivity index (χ2n) is 5.39. The quantitative estimate of drug-likeness (QED) is 0.798. The molecule has 1 atom stereocenters. The van der Waals surface area contributed by atoms with Gasteiger partial charge in [-0.25, -0.2) is 0 Å². The van der Waals surface area contributed by atoms with Crippen molar-refractivity contribution >= 4 is 11.3 Å². The Morgan fingerprint density at radius 3 is 2.40 bits per heavy atom. The van der Waals surface area contributed by atoms with Crippen molar-refractivity contribution in [2.45, 2.75) is 50.9 Å². The van der Waals surface area contributed by atoms with Crippen molar-refractivity contribution in [3.05, 3.63) is 22.4 Å². The van der Waals surface area contributed by atoms with Gasteiger partial charge in [0.15, 0.2) is 0 Å². The highest BCUT2D eigenvalue weighted by atomic mass is 32.1. The van der Waals surface area contributed by atoms with Crippen molar-refractivity contribution in [1.82, 2.24) is 0 Å². The molecule has 1 aromatic rings. The SMILES string of the molecule is CC1(C)CC(O)(c2cccs2)C(C)(C)O1. The summed E-state index contributed by atoms with van der Waals surface area (Å²) in [6.07, 6.45) is 0.646. The molecule has 1 aliphatic rings. The largest absolute Gasteiger partial charge is 0.381 e. The van der Waals surface area contributed by atoms with E-state index >= 15 is 0 Å². The van der Waals surface area contributed by atoms with Crippen LogP contribution >= 0.6 is 11.3 Å². The minimum Gasteiger partial charge on any atom is -0.381 e. The third kappa shape index (κ3) is 1.63. The molecule has 1 aromatic heterocycles. The maximum Gasteiger partial charge on any atom is 0.130 e. The predicted molar refractivity (Wildman–Crippen MR) is 62.1 cm³/mol. The maximum atomic E-state index is 10.8. The molecule has 15 heavy (non-hydrogen) atoms. The van der Waals surface area contributed by atoms with Gasteiger partial charge in [0.25, 0.3) is 0 Å². The van der Waals surface area contributed by atoms with E-state index in [1.165, 1.54) is 0 Å². The fraction of sp³-hybridized carbons (Fsp3) is 0.667. The lowest BCUT2D eigenvalue weighted by Gasteiger charge is -2.34. The Morgan fingerprint density at radius 2 is 2.00 bits per heavy atom. The summed E-state index contributed by atoms with van der Waals surface area (Å²) in [5.74, 6) is 0. The fourth-order valence-corrected chi connectivity index (χ4v) is 3.51. The number of hydrogen-bond donors (Lipinski definition) is 1. The van der Waals surface area contributed by atoms with Gasteiger partial charge < -0.3 is 9.84 Å². The molecule has 0 saturated carbocycles. The van der Waals surface area contributed by atoms with Gasteiger partial charge in [-0.15, -0.1) is 11.3 Å². The lowest BCUT2D eigenvalue weighted by atomic mass is 9.81. The van der Waals surface area contributed by atoms with Gasteiger partial charge in [0, 0.05) is 11.3 Å². The molecule has 0 bridgehead atoms. The monoisotopic (exact) mass is 226 g/mol. The summed E-state index contributed by atoms with van der Waals surface area (Å²) < 4.78 is 5.93. The molecule has 2 heterocycles. The average molecular weight is 226 g/mol. The summed E-state index contributed by atoms with van der Waals surface area (Å²) in [6, 6.07) is 3.95. The first-order valence-electron chi connectivity index (χ1n) is 5.23. The summed E-state index contributed by atoms with van der Waals surface area (Å²) in [7, 11) is 0. The summed E-state index contributed by atoms with van der Waals surface area (Å²) in [5, 5.41) is 12.8. The highest BCUT2D eigenvalue weighted by molar-refractivity contribution is 7.10. The molecule has 0 aliphatic carbocycles. The molecular weight excluding hydrogens is 208 g/mol. The zero-order chi connectivity index (χ0) is 11.3.